The minimum Gasteiger partial charge on any atom is -0.496 e. The zero-order valence-corrected chi connectivity index (χ0v) is 11.0. The molecule has 1 N–H and O–H groups in total. The number of pyridine rings is 1. The van der Waals surface area contributed by atoms with Crippen LogP contribution in [0.15, 0.2) is 42.7 Å². The Labute approximate surface area is 108 Å². The van der Waals surface area contributed by atoms with Crippen LogP contribution >= 0.6 is 0 Å². The van der Waals surface area contributed by atoms with Crippen LogP contribution in [0.25, 0.3) is 0 Å². The lowest BCUT2D eigenvalue weighted by atomic mass is 9.99. The van der Waals surface area contributed by atoms with Crippen molar-refractivity contribution in [2.45, 2.75) is 13.0 Å². The Balaban J connectivity index is 2.39. The van der Waals surface area contributed by atoms with Crippen molar-refractivity contribution in [1.82, 2.24) is 10.3 Å². The van der Waals surface area contributed by atoms with E-state index in [1.54, 1.807) is 13.3 Å². The Morgan fingerprint density at radius 2 is 2.06 bits per heavy atom. The molecule has 18 heavy (non-hydrogen) atoms. The van der Waals surface area contributed by atoms with Crippen LogP contribution in [0.4, 0.5) is 0 Å². The lowest BCUT2D eigenvalue weighted by Crippen LogP contribution is -2.17. The number of nitrogens with one attached hydrogen (secondary N) is 1. The first-order chi connectivity index (χ1) is 8.76. The van der Waals surface area contributed by atoms with Crippen LogP contribution in [-0.4, -0.2) is 19.1 Å². The monoisotopic (exact) mass is 242 g/mol. The molecule has 1 aromatic heterocycles. The van der Waals surface area contributed by atoms with Crippen molar-refractivity contribution >= 4 is 0 Å². The Bertz CT molecular complexity index is 511. The molecule has 1 unspecified atom stereocenters. The normalized spacial score (nSPS) is 12.2. The van der Waals surface area contributed by atoms with Crippen molar-refractivity contribution in [2.75, 3.05) is 14.2 Å². The maximum Gasteiger partial charge on any atom is 0.122 e. The summed E-state index contributed by atoms with van der Waals surface area (Å²) in [4.78, 5) is 4.17. The summed E-state index contributed by atoms with van der Waals surface area (Å²) in [5, 5.41) is 3.31. The van der Waals surface area contributed by atoms with Gasteiger partial charge in [-0.1, -0.05) is 18.2 Å². The summed E-state index contributed by atoms with van der Waals surface area (Å²) < 4.78 is 5.37. The van der Waals surface area contributed by atoms with E-state index in [9.17, 15) is 0 Å². The first-order valence-electron chi connectivity index (χ1n) is 5.98. The number of ether oxygens (including phenoxy) is 1. The lowest BCUT2D eigenvalue weighted by Gasteiger charge is -2.18. The van der Waals surface area contributed by atoms with E-state index in [1.165, 1.54) is 5.56 Å². The van der Waals surface area contributed by atoms with Gasteiger partial charge in [-0.2, -0.15) is 0 Å². The molecule has 3 nitrogen and oxygen atoms in total. The molecule has 0 saturated heterocycles. The number of rotatable bonds is 4. The van der Waals surface area contributed by atoms with Gasteiger partial charge in [-0.05, 0) is 42.8 Å². The molecule has 1 atom stereocenters. The first-order valence-corrected chi connectivity index (χ1v) is 5.98. The highest BCUT2D eigenvalue weighted by molar-refractivity contribution is 5.40. The van der Waals surface area contributed by atoms with E-state index in [-0.39, 0.29) is 6.04 Å². The second kappa shape index (κ2) is 5.65. The molecular weight excluding hydrogens is 224 g/mol. The molecule has 94 valence electrons. The fraction of sp³-hybridized carbons (Fsp3) is 0.267. The van der Waals surface area contributed by atoms with Crippen LogP contribution in [0.5, 0.6) is 5.75 Å². The van der Waals surface area contributed by atoms with Crippen molar-refractivity contribution in [3.8, 4) is 5.75 Å². The van der Waals surface area contributed by atoms with Crippen LogP contribution < -0.4 is 10.1 Å². The largest absolute Gasteiger partial charge is 0.496 e. The minimum absolute atomic E-state index is 0.133. The van der Waals surface area contributed by atoms with Crippen molar-refractivity contribution in [3.05, 3.63) is 59.4 Å². The van der Waals surface area contributed by atoms with Gasteiger partial charge in [0.25, 0.3) is 0 Å². The average molecular weight is 242 g/mol. The molecule has 1 heterocycles. The van der Waals surface area contributed by atoms with Gasteiger partial charge in [0.15, 0.2) is 0 Å². The molecule has 0 radical (unpaired) electrons. The van der Waals surface area contributed by atoms with E-state index >= 15 is 0 Å². The molecule has 0 saturated carbocycles. The Morgan fingerprint density at radius 3 is 2.67 bits per heavy atom. The molecule has 0 amide bonds. The van der Waals surface area contributed by atoms with Gasteiger partial charge in [-0.15, -0.1) is 0 Å². The van der Waals surface area contributed by atoms with E-state index < -0.39 is 0 Å². The van der Waals surface area contributed by atoms with Crippen molar-refractivity contribution < 1.29 is 4.74 Å². The fourth-order valence-corrected chi connectivity index (χ4v) is 2.09. The van der Waals surface area contributed by atoms with Crippen LogP contribution in [0.3, 0.4) is 0 Å². The van der Waals surface area contributed by atoms with Crippen LogP contribution in [0, 0.1) is 6.92 Å². The summed E-state index contributed by atoms with van der Waals surface area (Å²) in [6.45, 7) is 2.04. The summed E-state index contributed by atoms with van der Waals surface area (Å²) in [5.41, 5.74) is 3.46. The van der Waals surface area contributed by atoms with Gasteiger partial charge in [0.05, 0.1) is 13.2 Å². The van der Waals surface area contributed by atoms with Crippen molar-refractivity contribution in [3.63, 3.8) is 0 Å². The zero-order chi connectivity index (χ0) is 13.0. The number of nitrogens with zero attached hydrogens (tertiary/aromatic N) is 1. The third-order valence-electron chi connectivity index (χ3n) is 3.07. The molecule has 0 aliphatic heterocycles. The molecule has 2 aromatic rings. The molecule has 0 fully saturated rings. The van der Waals surface area contributed by atoms with Crippen molar-refractivity contribution in [2.24, 2.45) is 0 Å². The fourth-order valence-electron chi connectivity index (χ4n) is 2.09. The smallest absolute Gasteiger partial charge is 0.122 e. The highest BCUT2D eigenvalue weighted by Crippen LogP contribution is 2.26. The van der Waals surface area contributed by atoms with E-state index in [4.69, 9.17) is 4.74 Å². The SMILES string of the molecule is CNC(c1cccnc1)c1ccc(C)c(OC)c1. The maximum atomic E-state index is 5.37. The predicted molar refractivity (Wildman–Crippen MR) is 72.9 cm³/mol. The number of hydrogen-bond donors (Lipinski definition) is 1. The zero-order valence-electron chi connectivity index (χ0n) is 11.0. The number of benzene rings is 1. The topological polar surface area (TPSA) is 34.2 Å². The van der Waals surface area contributed by atoms with Crippen LogP contribution in [0.1, 0.15) is 22.7 Å². The predicted octanol–water partition coefficient (Wildman–Crippen LogP) is 2.71. The van der Waals surface area contributed by atoms with Gasteiger partial charge in [0.2, 0.25) is 0 Å². The van der Waals surface area contributed by atoms with Gasteiger partial charge in [-0.3, -0.25) is 4.98 Å². The summed E-state index contributed by atoms with van der Waals surface area (Å²) in [6, 6.07) is 10.4. The van der Waals surface area contributed by atoms with E-state index in [0.717, 1.165) is 16.9 Å². The Morgan fingerprint density at radius 1 is 1.22 bits per heavy atom. The summed E-state index contributed by atoms with van der Waals surface area (Å²) >= 11 is 0. The van der Waals surface area contributed by atoms with Crippen LogP contribution in [0.2, 0.25) is 0 Å². The molecule has 0 aliphatic carbocycles. The summed E-state index contributed by atoms with van der Waals surface area (Å²) in [5.74, 6) is 0.914. The quantitative estimate of drug-likeness (QED) is 0.895. The number of aryl methyl sites for hydroxylation is 1. The molecule has 1 aromatic carbocycles. The lowest BCUT2D eigenvalue weighted by molar-refractivity contribution is 0.410. The molecular formula is C15H18N2O. The maximum absolute atomic E-state index is 5.37. The van der Waals surface area contributed by atoms with Gasteiger partial charge >= 0.3 is 0 Å². The van der Waals surface area contributed by atoms with Gasteiger partial charge in [-0.25, -0.2) is 0 Å². The molecule has 0 bridgehead atoms. The molecule has 0 spiro atoms. The summed E-state index contributed by atoms with van der Waals surface area (Å²) in [7, 11) is 3.65. The van der Waals surface area contributed by atoms with E-state index in [0.29, 0.717) is 0 Å². The number of aromatic nitrogens is 1. The molecule has 3 heteroatoms. The second-order valence-electron chi connectivity index (χ2n) is 4.24. The summed E-state index contributed by atoms with van der Waals surface area (Å²) in [6.07, 6.45) is 3.67. The minimum atomic E-state index is 0.133. The van der Waals surface area contributed by atoms with E-state index in [2.05, 4.69) is 34.6 Å². The van der Waals surface area contributed by atoms with E-state index in [1.807, 2.05) is 26.2 Å². The third-order valence-corrected chi connectivity index (χ3v) is 3.07. The first kappa shape index (κ1) is 12.6. The number of methoxy groups -OCH3 is 1. The van der Waals surface area contributed by atoms with Crippen molar-refractivity contribution in [1.29, 1.82) is 0 Å². The average Bonchev–Trinajstić information content (AvgIpc) is 2.42. The van der Waals surface area contributed by atoms with Gasteiger partial charge < -0.3 is 10.1 Å². The van der Waals surface area contributed by atoms with Gasteiger partial charge in [0.1, 0.15) is 5.75 Å². The highest BCUT2D eigenvalue weighted by atomic mass is 16.5. The Hall–Kier alpha value is -1.87. The molecule has 2 rings (SSSR count). The molecule has 0 aliphatic rings. The third kappa shape index (κ3) is 2.51. The number of hydrogen-bond acceptors (Lipinski definition) is 3. The van der Waals surface area contributed by atoms with Gasteiger partial charge in [0, 0.05) is 12.4 Å². The van der Waals surface area contributed by atoms with Crippen LogP contribution in [-0.2, 0) is 0 Å². The highest BCUT2D eigenvalue weighted by Gasteiger charge is 2.13. The second-order valence-corrected chi connectivity index (χ2v) is 4.24. The standard InChI is InChI=1S/C15H18N2O/c1-11-6-7-12(9-14(11)18-3)15(16-2)13-5-4-8-17-10-13/h4-10,15-16H,1-3H3. The Kier molecular flexibility index (Phi) is 3.95.